The number of aromatic amines is 1. The molecule has 0 saturated heterocycles. The van der Waals surface area contributed by atoms with Gasteiger partial charge in [-0.25, -0.2) is 0 Å². The minimum atomic E-state index is -0.231. The van der Waals surface area contributed by atoms with Gasteiger partial charge in [0, 0.05) is 7.05 Å². The van der Waals surface area contributed by atoms with Gasteiger partial charge in [-0.1, -0.05) is 23.7 Å². The molecule has 3 aromatic rings. The van der Waals surface area contributed by atoms with Gasteiger partial charge in [0.2, 0.25) is 5.95 Å². The molecule has 0 amide bonds. The SMILES string of the molecule is CC(CNc1nc2c(cnn2C)c(=O)[nH]1)Oc1ccccc1Cl. The van der Waals surface area contributed by atoms with Crippen LogP contribution in [-0.2, 0) is 7.05 Å². The first-order valence-corrected chi connectivity index (χ1v) is 7.49. The molecule has 3 rings (SSSR count). The lowest BCUT2D eigenvalue weighted by atomic mass is 10.3. The summed E-state index contributed by atoms with van der Waals surface area (Å²) in [6.45, 7) is 2.36. The van der Waals surface area contributed by atoms with E-state index in [9.17, 15) is 4.79 Å². The lowest BCUT2D eigenvalue weighted by Gasteiger charge is -2.16. The summed E-state index contributed by atoms with van der Waals surface area (Å²) >= 11 is 6.06. The van der Waals surface area contributed by atoms with Gasteiger partial charge in [-0.3, -0.25) is 14.5 Å². The van der Waals surface area contributed by atoms with Gasteiger partial charge in [0.1, 0.15) is 17.2 Å². The second kappa shape index (κ2) is 6.29. The molecule has 0 saturated carbocycles. The van der Waals surface area contributed by atoms with Crippen LogP contribution in [-0.4, -0.2) is 32.4 Å². The number of para-hydroxylation sites is 1. The van der Waals surface area contributed by atoms with Gasteiger partial charge in [-0.2, -0.15) is 10.1 Å². The molecule has 0 bridgehead atoms. The summed E-state index contributed by atoms with van der Waals surface area (Å²) < 4.78 is 7.32. The van der Waals surface area contributed by atoms with Crippen LogP contribution in [0.25, 0.3) is 11.0 Å². The quantitative estimate of drug-likeness (QED) is 0.747. The van der Waals surface area contributed by atoms with Crippen LogP contribution in [0.15, 0.2) is 35.3 Å². The first kappa shape index (κ1) is 15.4. The van der Waals surface area contributed by atoms with Crippen LogP contribution in [0.4, 0.5) is 5.95 Å². The number of rotatable bonds is 5. The molecule has 23 heavy (non-hydrogen) atoms. The zero-order chi connectivity index (χ0) is 16.4. The number of fused-ring (bicyclic) bond motifs is 1. The van der Waals surface area contributed by atoms with Crippen molar-refractivity contribution in [1.82, 2.24) is 19.7 Å². The molecule has 8 heteroatoms. The number of halogens is 1. The summed E-state index contributed by atoms with van der Waals surface area (Å²) in [5, 5.41) is 8.10. The molecule has 2 N–H and O–H groups in total. The molecule has 0 radical (unpaired) electrons. The highest BCUT2D eigenvalue weighted by Gasteiger charge is 2.10. The van der Waals surface area contributed by atoms with Gasteiger partial charge in [0.05, 0.1) is 17.8 Å². The molecule has 7 nitrogen and oxygen atoms in total. The number of ether oxygens (including phenoxy) is 1. The molecule has 0 aliphatic carbocycles. The predicted octanol–water partition coefficient (Wildman–Crippen LogP) is 2.19. The van der Waals surface area contributed by atoms with Gasteiger partial charge in [-0.15, -0.1) is 0 Å². The summed E-state index contributed by atoms with van der Waals surface area (Å²) in [7, 11) is 1.74. The van der Waals surface area contributed by atoms with Crippen LogP contribution < -0.4 is 15.6 Å². The van der Waals surface area contributed by atoms with E-state index in [-0.39, 0.29) is 11.7 Å². The Balaban J connectivity index is 1.69. The Morgan fingerprint density at radius 3 is 3.00 bits per heavy atom. The van der Waals surface area contributed by atoms with Crippen LogP contribution in [0, 0.1) is 0 Å². The number of benzene rings is 1. The number of H-pyrrole nitrogens is 1. The highest BCUT2D eigenvalue weighted by atomic mass is 35.5. The fourth-order valence-corrected chi connectivity index (χ4v) is 2.34. The van der Waals surface area contributed by atoms with E-state index in [0.717, 1.165) is 0 Å². The van der Waals surface area contributed by atoms with E-state index in [2.05, 4.69) is 20.4 Å². The van der Waals surface area contributed by atoms with Crippen molar-refractivity contribution in [2.75, 3.05) is 11.9 Å². The zero-order valence-electron chi connectivity index (χ0n) is 12.7. The maximum absolute atomic E-state index is 12.0. The maximum atomic E-state index is 12.0. The Bertz CT molecular complexity index is 889. The van der Waals surface area contributed by atoms with Gasteiger partial charge in [-0.05, 0) is 19.1 Å². The molecule has 0 aliphatic rings. The number of aryl methyl sites for hydroxylation is 1. The van der Waals surface area contributed by atoms with E-state index in [4.69, 9.17) is 16.3 Å². The van der Waals surface area contributed by atoms with E-state index >= 15 is 0 Å². The summed E-state index contributed by atoms with van der Waals surface area (Å²) in [5.41, 5.74) is 0.293. The number of aromatic nitrogens is 4. The molecule has 0 aliphatic heterocycles. The minimum Gasteiger partial charge on any atom is -0.487 e. The van der Waals surface area contributed by atoms with Crippen LogP contribution in [0.2, 0.25) is 5.02 Å². The van der Waals surface area contributed by atoms with E-state index in [1.807, 2.05) is 19.1 Å². The summed E-state index contributed by atoms with van der Waals surface area (Å²) in [4.78, 5) is 19.0. The standard InChI is InChI=1S/C15H16ClN5O2/c1-9(23-12-6-4-3-5-11(12)16)7-17-15-19-13-10(14(22)20-15)8-18-21(13)2/h3-6,8-9H,7H2,1-2H3,(H2,17,19,20,22). The van der Waals surface area contributed by atoms with Crippen LogP contribution >= 0.6 is 11.6 Å². The van der Waals surface area contributed by atoms with Gasteiger partial charge in [0.15, 0.2) is 5.65 Å². The van der Waals surface area contributed by atoms with Gasteiger partial charge >= 0.3 is 0 Å². The summed E-state index contributed by atoms with van der Waals surface area (Å²) in [6.07, 6.45) is 1.33. The molecular weight excluding hydrogens is 318 g/mol. The van der Waals surface area contributed by atoms with Crippen molar-refractivity contribution in [3.8, 4) is 5.75 Å². The number of nitrogens with one attached hydrogen (secondary N) is 2. The third-order valence-electron chi connectivity index (χ3n) is 3.32. The Kier molecular flexibility index (Phi) is 4.20. The van der Waals surface area contributed by atoms with Crippen LogP contribution in [0.3, 0.4) is 0 Å². The number of anilines is 1. The van der Waals surface area contributed by atoms with E-state index in [1.165, 1.54) is 6.20 Å². The first-order valence-electron chi connectivity index (χ1n) is 7.11. The number of hydrogen-bond donors (Lipinski definition) is 2. The molecule has 1 unspecified atom stereocenters. The molecule has 120 valence electrons. The summed E-state index contributed by atoms with van der Waals surface area (Å²) in [5.74, 6) is 0.993. The van der Waals surface area contributed by atoms with Crippen molar-refractivity contribution in [2.24, 2.45) is 7.05 Å². The minimum absolute atomic E-state index is 0.164. The Morgan fingerprint density at radius 2 is 2.22 bits per heavy atom. The van der Waals surface area contributed by atoms with Crippen molar-refractivity contribution in [3.63, 3.8) is 0 Å². The van der Waals surface area contributed by atoms with E-state index in [1.54, 1.807) is 23.9 Å². The topological polar surface area (TPSA) is 84.8 Å². The Labute approximate surface area is 137 Å². The highest BCUT2D eigenvalue weighted by molar-refractivity contribution is 6.32. The normalized spacial score (nSPS) is 12.3. The van der Waals surface area contributed by atoms with Crippen molar-refractivity contribution >= 4 is 28.6 Å². The smallest absolute Gasteiger partial charge is 0.263 e. The monoisotopic (exact) mass is 333 g/mol. The molecule has 2 aromatic heterocycles. The molecule has 0 spiro atoms. The van der Waals surface area contributed by atoms with Gasteiger partial charge < -0.3 is 10.1 Å². The average Bonchev–Trinajstić information content (AvgIpc) is 2.90. The molecule has 1 aromatic carbocycles. The molecule has 2 heterocycles. The van der Waals surface area contributed by atoms with E-state index < -0.39 is 0 Å². The van der Waals surface area contributed by atoms with Crippen molar-refractivity contribution in [2.45, 2.75) is 13.0 Å². The fraction of sp³-hybridized carbons (Fsp3) is 0.267. The number of hydrogen-bond acceptors (Lipinski definition) is 5. The first-order chi connectivity index (χ1) is 11.0. The molecule has 1 atom stereocenters. The van der Waals surface area contributed by atoms with Crippen molar-refractivity contribution < 1.29 is 4.74 Å². The molecule has 0 fully saturated rings. The Hall–Kier alpha value is -2.54. The fourth-order valence-electron chi connectivity index (χ4n) is 2.16. The lowest BCUT2D eigenvalue weighted by Crippen LogP contribution is -2.25. The third-order valence-corrected chi connectivity index (χ3v) is 3.64. The van der Waals surface area contributed by atoms with Gasteiger partial charge in [0.25, 0.3) is 5.56 Å². The second-order valence-electron chi connectivity index (χ2n) is 5.16. The highest BCUT2D eigenvalue weighted by Crippen LogP contribution is 2.24. The van der Waals surface area contributed by atoms with Crippen molar-refractivity contribution in [1.29, 1.82) is 0 Å². The predicted molar refractivity (Wildman–Crippen MR) is 89.2 cm³/mol. The third kappa shape index (κ3) is 3.29. The number of nitrogens with zero attached hydrogens (tertiary/aromatic N) is 3. The van der Waals surface area contributed by atoms with E-state index in [0.29, 0.717) is 34.3 Å². The maximum Gasteiger partial charge on any atom is 0.263 e. The average molecular weight is 334 g/mol. The lowest BCUT2D eigenvalue weighted by molar-refractivity contribution is 0.234. The van der Waals surface area contributed by atoms with Crippen LogP contribution in [0.1, 0.15) is 6.92 Å². The molecular formula is C15H16ClN5O2. The Morgan fingerprint density at radius 1 is 1.43 bits per heavy atom. The second-order valence-corrected chi connectivity index (χ2v) is 5.57. The van der Waals surface area contributed by atoms with Crippen molar-refractivity contribution in [3.05, 3.63) is 45.8 Å². The largest absolute Gasteiger partial charge is 0.487 e. The zero-order valence-corrected chi connectivity index (χ0v) is 13.5. The van der Waals surface area contributed by atoms with Crippen LogP contribution in [0.5, 0.6) is 5.75 Å². The summed E-state index contributed by atoms with van der Waals surface area (Å²) in [6, 6.07) is 7.28.